The van der Waals surface area contributed by atoms with Crippen molar-refractivity contribution >= 4 is 5.97 Å². The number of carbonyl (C=O) groups is 1. The standard InChI is InChI=1S/C11H15NO2/c1-14-11(13)9-12-8-7-10-5-3-2-4-6-10/h2-6,12H,7-9H2,1H3. The van der Waals surface area contributed by atoms with Crippen LogP contribution in [-0.4, -0.2) is 26.2 Å². The SMILES string of the molecule is COC(=O)CNCCc1ccccc1. The van der Waals surface area contributed by atoms with Crippen LogP contribution in [-0.2, 0) is 16.0 Å². The molecule has 0 spiro atoms. The fourth-order valence-corrected chi connectivity index (χ4v) is 1.14. The van der Waals surface area contributed by atoms with Crippen LogP contribution in [0.2, 0.25) is 0 Å². The van der Waals surface area contributed by atoms with Gasteiger partial charge in [0, 0.05) is 0 Å². The van der Waals surface area contributed by atoms with Crippen molar-refractivity contribution < 1.29 is 9.53 Å². The van der Waals surface area contributed by atoms with Gasteiger partial charge in [0.05, 0.1) is 13.7 Å². The average molecular weight is 193 g/mol. The summed E-state index contributed by atoms with van der Waals surface area (Å²) in [5.41, 5.74) is 1.27. The van der Waals surface area contributed by atoms with Crippen molar-refractivity contribution in [1.29, 1.82) is 0 Å². The second-order valence-corrected chi connectivity index (χ2v) is 2.99. The third-order valence-corrected chi connectivity index (χ3v) is 1.93. The molecule has 76 valence electrons. The van der Waals surface area contributed by atoms with Crippen molar-refractivity contribution in [2.45, 2.75) is 6.42 Å². The predicted molar refractivity (Wildman–Crippen MR) is 55.0 cm³/mol. The minimum absolute atomic E-state index is 0.224. The molecule has 0 saturated heterocycles. The highest BCUT2D eigenvalue weighted by Gasteiger charge is 1.97. The molecule has 0 unspecified atom stereocenters. The van der Waals surface area contributed by atoms with E-state index in [1.807, 2.05) is 18.2 Å². The van der Waals surface area contributed by atoms with E-state index in [9.17, 15) is 4.79 Å². The smallest absolute Gasteiger partial charge is 0.319 e. The maximum absolute atomic E-state index is 10.7. The number of carbonyl (C=O) groups excluding carboxylic acids is 1. The Bertz CT molecular complexity index is 272. The molecule has 0 aliphatic rings. The number of methoxy groups -OCH3 is 1. The third kappa shape index (κ3) is 4.05. The van der Waals surface area contributed by atoms with Gasteiger partial charge < -0.3 is 10.1 Å². The zero-order chi connectivity index (χ0) is 10.2. The van der Waals surface area contributed by atoms with Crippen LogP contribution in [0.15, 0.2) is 30.3 Å². The summed E-state index contributed by atoms with van der Waals surface area (Å²) in [6, 6.07) is 10.1. The first kappa shape index (κ1) is 10.7. The number of rotatable bonds is 5. The molecule has 1 rings (SSSR count). The highest BCUT2D eigenvalue weighted by molar-refractivity contribution is 5.71. The molecule has 3 nitrogen and oxygen atoms in total. The first-order chi connectivity index (χ1) is 6.83. The maximum atomic E-state index is 10.7. The minimum atomic E-state index is -0.224. The molecular weight excluding hydrogens is 178 g/mol. The fourth-order valence-electron chi connectivity index (χ4n) is 1.14. The van der Waals surface area contributed by atoms with E-state index in [0.717, 1.165) is 13.0 Å². The molecule has 14 heavy (non-hydrogen) atoms. The second-order valence-electron chi connectivity index (χ2n) is 2.99. The average Bonchev–Trinajstić information content (AvgIpc) is 2.25. The number of ether oxygens (including phenoxy) is 1. The maximum Gasteiger partial charge on any atom is 0.319 e. The fraction of sp³-hybridized carbons (Fsp3) is 0.364. The van der Waals surface area contributed by atoms with Crippen molar-refractivity contribution in [3.8, 4) is 0 Å². The van der Waals surface area contributed by atoms with Gasteiger partial charge in [-0.25, -0.2) is 0 Å². The van der Waals surface area contributed by atoms with Crippen molar-refractivity contribution in [2.75, 3.05) is 20.2 Å². The molecule has 0 aliphatic heterocycles. The molecule has 0 radical (unpaired) electrons. The van der Waals surface area contributed by atoms with Crippen LogP contribution in [0.5, 0.6) is 0 Å². The zero-order valence-electron chi connectivity index (χ0n) is 8.32. The third-order valence-electron chi connectivity index (χ3n) is 1.93. The Hall–Kier alpha value is -1.35. The van der Waals surface area contributed by atoms with E-state index in [1.54, 1.807) is 0 Å². The van der Waals surface area contributed by atoms with Gasteiger partial charge in [-0.1, -0.05) is 30.3 Å². The normalized spacial score (nSPS) is 9.79. The summed E-state index contributed by atoms with van der Waals surface area (Å²) < 4.78 is 4.50. The van der Waals surface area contributed by atoms with E-state index in [2.05, 4.69) is 22.2 Å². The second kappa shape index (κ2) is 6.16. The van der Waals surface area contributed by atoms with Gasteiger partial charge in [-0.3, -0.25) is 4.79 Å². The molecule has 0 saturated carbocycles. The van der Waals surface area contributed by atoms with Crippen LogP contribution in [0, 0.1) is 0 Å². The van der Waals surface area contributed by atoms with Crippen molar-refractivity contribution in [2.24, 2.45) is 0 Å². The number of esters is 1. The number of hydrogen-bond acceptors (Lipinski definition) is 3. The van der Waals surface area contributed by atoms with Crippen LogP contribution in [0.3, 0.4) is 0 Å². The van der Waals surface area contributed by atoms with Crippen molar-refractivity contribution in [3.63, 3.8) is 0 Å². The topological polar surface area (TPSA) is 38.3 Å². The number of benzene rings is 1. The lowest BCUT2D eigenvalue weighted by molar-refractivity contribution is -0.139. The Labute approximate surface area is 84.1 Å². The lowest BCUT2D eigenvalue weighted by Crippen LogP contribution is -2.25. The van der Waals surface area contributed by atoms with Gasteiger partial charge >= 0.3 is 5.97 Å². The van der Waals surface area contributed by atoms with Gasteiger partial charge in [-0.2, -0.15) is 0 Å². The summed E-state index contributed by atoms with van der Waals surface area (Å²) in [7, 11) is 1.39. The molecule has 0 fully saturated rings. The molecular formula is C11H15NO2. The van der Waals surface area contributed by atoms with E-state index in [0.29, 0.717) is 0 Å². The van der Waals surface area contributed by atoms with E-state index >= 15 is 0 Å². The first-order valence-corrected chi connectivity index (χ1v) is 4.64. The van der Waals surface area contributed by atoms with E-state index in [1.165, 1.54) is 12.7 Å². The van der Waals surface area contributed by atoms with Gasteiger partial charge in [0.25, 0.3) is 0 Å². The lowest BCUT2D eigenvalue weighted by atomic mass is 10.1. The van der Waals surface area contributed by atoms with Crippen LogP contribution in [0.25, 0.3) is 0 Å². The van der Waals surface area contributed by atoms with E-state index in [-0.39, 0.29) is 12.5 Å². The molecule has 0 aromatic heterocycles. The Balaban J connectivity index is 2.13. The van der Waals surface area contributed by atoms with Gasteiger partial charge in [0.2, 0.25) is 0 Å². The molecule has 0 heterocycles. The minimum Gasteiger partial charge on any atom is -0.468 e. The number of nitrogens with one attached hydrogen (secondary N) is 1. The summed E-state index contributed by atoms with van der Waals surface area (Å²) >= 11 is 0. The highest BCUT2D eigenvalue weighted by atomic mass is 16.5. The zero-order valence-corrected chi connectivity index (χ0v) is 8.32. The van der Waals surface area contributed by atoms with Crippen molar-refractivity contribution in [3.05, 3.63) is 35.9 Å². The molecule has 3 heteroatoms. The molecule has 1 N–H and O–H groups in total. The predicted octanol–water partition coefficient (Wildman–Crippen LogP) is 0.992. The molecule has 0 amide bonds. The van der Waals surface area contributed by atoms with Gasteiger partial charge in [-0.05, 0) is 18.5 Å². The summed E-state index contributed by atoms with van der Waals surface area (Å²) in [6.45, 7) is 1.07. The first-order valence-electron chi connectivity index (χ1n) is 4.64. The monoisotopic (exact) mass is 193 g/mol. The van der Waals surface area contributed by atoms with Crippen LogP contribution < -0.4 is 5.32 Å². The highest BCUT2D eigenvalue weighted by Crippen LogP contribution is 1.97. The molecule has 0 aliphatic carbocycles. The Morgan fingerprint density at radius 1 is 1.36 bits per heavy atom. The molecule has 1 aromatic carbocycles. The molecule has 1 aromatic rings. The van der Waals surface area contributed by atoms with Crippen LogP contribution >= 0.6 is 0 Å². The Morgan fingerprint density at radius 2 is 2.07 bits per heavy atom. The van der Waals surface area contributed by atoms with Crippen molar-refractivity contribution in [1.82, 2.24) is 5.32 Å². The van der Waals surface area contributed by atoms with E-state index in [4.69, 9.17) is 0 Å². The lowest BCUT2D eigenvalue weighted by Gasteiger charge is -2.03. The largest absolute Gasteiger partial charge is 0.468 e. The molecule has 0 bridgehead atoms. The van der Waals surface area contributed by atoms with Gasteiger partial charge in [0.15, 0.2) is 0 Å². The van der Waals surface area contributed by atoms with E-state index < -0.39 is 0 Å². The summed E-state index contributed by atoms with van der Waals surface area (Å²) in [6.07, 6.45) is 0.928. The Kier molecular flexibility index (Phi) is 4.72. The van der Waals surface area contributed by atoms with Crippen LogP contribution in [0.1, 0.15) is 5.56 Å². The summed E-state index contributed by atoms with van der Waals surface area (Å²) in [5, 5.41) is 3.01. The van der Waals surface area contributed by atoms with Crippen LogP contribution in [0.4, 0.5) is 0 Å². The quantitative estimate of drug-likeness (QED) is 0.560. The summed E-state index contributed by atoms with van der Waals surface area (Å²) in [5.74, 6) is -0.224. The van der Waals surface area contributed by atoms with Gasteiger partial charge in [-0.15, -0.1) is 0 Å². The molecule has 0 atom stereocenters. The Morgan fingerprint density at radius 3 is 2.71 bits per heavy atom. The summed E-state index contributed by atoms with van der Waals surface area (Å²) in [4.78, 5) is 10.7. The number of hydrogen-bond donors (Lipinski definition) is 1. The van der Waals surface area contributed by atoms with Gasteiger partial charge in [0.1, 0.15) is 0 Å².